The first-order chi connectivity index (χ1) is 9.74. The smallest absolute Gasteiger partial charge is 0.248 e. The van der Waals surface area contributed by atoms with Crippen molar-refractivity contribution in [2.45, 2.75) is 45.8 Å². The van der Waals surface area contributed by atoms with E-state index in [1.165, 1.54) is 11.0 Å². The molecule has 4 nitrogen and oxygen atoms in total. The second-order valence-corrected chi connectivity index (χ2v) is 6.33. The highest BCUT2D eigenvalue weighted by Gasteiger charge is 2.46. The third kappa shape index (κ3) is 2.91. The van der Waals surface area contributed by atoms with Gasteiger partial charge >= 0.3 is 0 Å². The molecule has 0 spiro atoms. The number of benzene rings is 1. The van der Waals surface area contributed by atoms with Crippen LogP contribution in [0, 0.1) is 11.7 Å². The Labute approximate surface area is 124 Å². The quantitative estimate of drug-likeness (QED) is 0.927. The molecule has 1 atom stereocenters. The van der Waals surface area contributed by atoms with Crippen LogP contribution in [0.2, 0.25) is 0 Å². The van der Waals surface area contributed by atoms with Gasteiger partial charge in [0.25, 0.3) is 0 Å². The van der Waals surface area contributed by atoms with Gasteiger partial charge in [-0.2, -0.15) is 0 Å². The first-order valence-electron chi connectivity index (χ1n) is 7.10. The van der Waals surface area contributed by atoms with Gasteiger partial charge in [-0.05, 0) is 25.8 Å². The van der Waals surface area contributed by atoms with Crippen LogP contribution in [0.1, 0.15) is 33.3 Å². The summed E-state index contributed by atoms with van der Waals surface area (Å²) < 4.78 is 13.9. The zero-order valence-corrected chi connectivity index (χ0v) is 12.8. The van der Waals surface area contributed by atoms with Gasteiger partial charge in [-0.1, -0.05) is 32.0 Å². The van der Waals surface area contributed by atoms with Crippen molar-refractivity contribution in [3.05, 3.63) is 35.6 Å². The van der Waals surface area contributed by atoms with Crippen LogP contribution in [0.25, 0.3) is 0 Å². The number of carbonyl (C=O) groups is 2. The van der Waals surface area contributed by atoms with Gasteiger partial charge in [0, 0.05) is 12.1 Å². The number of piperazine rings is 1. The van der Waals surface area contributed by atoms with Crippen LogP contribution >= 0.6 is 0 Å². The molecule has 114 valence electrons. The Morgan fingerprint density at radius 3 is 2.48 bits per heavy atom. The Balaban J connectivity index is 2.37. The minimum absolute atomic E-state index is 0.0446. The standard InChI is InChI=1S/C16H21FN2O2/c1-10(2)13-14(20)18-16(3,4)15(21)19(13)9-11-7-5-6-8-12(11)17/h5-8,10,13H,9H2,1-4H3,(H,18,20). The Hall–Kier alpha value is -1.91. The highest BCUT2D eigenvalue weighted by Crippen LogP contribution is 2.25. The molecule has 1 N–H and O–H groups in total. The molecule has 0 radical (unpaired) electrons. The van der Waals surface area contributed by atoms with Crippen molar-refractivity contribution < 1.29 is 14.0 Å². The summed E-state index contributed by atoms with van der Waals surface area (Å²) in [4.78, 5) is 26.4. The van der Waals surface area contributed by atoms with Crippen molar-refractivity contribution in [2.75, 3.05) is 0 Å². The number of rotatable bonds is 3. The van der Waals surface area contributed by atoms with Crippen molar-refractivity contribution in [1.29, 1.82) is 0 Å². The molecule has 2 rings (SSSR count). The molecule has 1 aromatic carbocycles. The maximum absolute atomic E-state index is 13.9. The molecule has 1 unspecified atom stereocenters. The fourth-order valence-electron chi connectivity index (χ4n) is 2.71. The maximum Gasteiger partial charge on any atom is 0.248 e. The van der Waals surface area contributed by atoms with Crippen LogP contribution in [-0.2, 0) is 16.1 Å². The van der Waals surface area contributed by atoms with E-state index in [1.54, 1.807) is 32.0 Å². The highest BCUT2D eigenvalue weighted by atomic mass is 19.1. The molecule has 1 saturated heterocycles. The van der Waals surface area contributed by atoms with E-state index in [2.05, 4.69) is 5.32 Å². The van der Waals surface area contributed by atoms with Crippen LogP contribution < -0.4 is 5.32 Å². The van der Waals surface area contributed by atoms with Gasteiger partial charge in [-0.3, -0.25) is 9.59 Å². The lowest BCUT2D eigenvalue weighted by Crippen LogP contribution is -2.68. The number of hydrogen-bond acceptors (Lipinski definition) is 2. The fourth-order valence-corrected chi connectivity index (χ4v) is 2.71. The predicted molar refractivity (Wildman–Crippen MR) is 77.8 cm³/mol. The molecule has 21 heavy (non-hydrogen) atoms. The van der Waals surface area contributed by atoms with Gasteiger partial charge in [0.2, 0.25) is 11.8 Å². The minimum atomic E-state index is -0.965. The van der Waals surface area contributed by atoms with Crippen LogP contribution in [0.3, 0.4) is 0 Å². The Kier molecular flexibility index (Phi) is 4.03. The summed E-state index contributed by atoms with van der Waals surface area (Å²) in [6, 6.07) is 5.75. The molecule has 1 aliphatic heterocycles. The predicted octanol–water partition coefficient (Wildman–Crippen LogP) is 2.09. The normalized spacial score (nSPS) is 21.6. The molecule has 5 heteroatoms. The van der Waals surface area contributed by atoms with Gasteiger partial charge in [0.05, 0.1) is 0 Å². The van der Waals surface area contributed by atoms with E-state index in [4.69, 9.17) is 0 Å². The molecular weight excluding hydrogens is 271 g/mol. The van der Waals surface area contributed by atoms with E-state index in [0.29, 0.717) is 5.56 Å². The average Bonchev–Trinajstić information content (AvgIpc) is 2.37. The molecule has 1 heterocycles. The zero-order chi connectivity index (χ0) is 15.8. The largest absolute Gasteiger partial charge is 0.340 e. The summed E-state index contributed by atoms with van der Waals surface area (Å²) in [5, 5.41) is 2.74. The van der Waals surface area contributed by atoms with Crippen LogP contribution in [0.5, 0.6) is 0 Å². The molecular formula is C16H21FN2O2. The molecule has 0 bridgehead atoms. The minimum Gasteiger partial charge on any atom is -0.340 e. The van der Waals surface area contributed by atoms with E-state index < -0.39 is 11.6 Å². The van der Waals surface area contributed by atoms with Crippen molar-refractivity contribution in [3.8, 4) is 0 Å². The Morgan fingerprint density at radius 2 is 1.90 bits per heavy atom. The van der Waals surface area contributed by atoms with Gasteiger partial charge in [0.15, 0.2) is 0 Å². The monoisotopic (exact) mass is 292 g/mol. The van der Waals surface area contributed by atoms with Crippen molar-refractivity contribution in [1.82, 2.24) is 10.2 Å². The summed E-state index contributed by atoms with van der Waals surface area (Å²) in [5.41, 5.74) is -0.546. The maximum atomic E-state index is 13.9. The number of nitrogens with one attached hydrogen (secondary N) is 1. The molecule has 1 aliphatic rings. The number of nitrogens with zero attached hydrogens (tertiary/aromatic N) is 1. The molecule has 1 fully saturated rings. The molecule has 0 aromatic heterocycles. The third-order valence-electron chi connectivity index (χ3n) is 3.77. The number of amides is 2. The molecule has 0 aliphatic carbocycles. The lowest BCUT2D eigenvalue weighted by atomic mass is 9.91. The van der Waals surface area contributed by atoms with E-state index in [9.17, 15) is 14.0 Å². The number of halogens is 1. The summed E-state index contributed by atoms with van der Waals surface area (Å²) in [6.45, 7) is 7.19. The fraction of sp³-hybridized carbons (Fsp3) is 0.500. The molecule has 0 saturated carbocycles. The molecule has 2 amide bonds. The SMILES string of the molecule is CC(C)C1C(=O)NC(C)(C)C(=O)N1Cc1ccccc1F. The van der Waals surface area contributed by atoms with E-state index in [0.717, 1.165) is 0 Å². The van der Waals surface area contributed by atoms with Gasteiger partial charge in [-0.15, -0.1) is 0 Å². The summed E-state index contributed by atoms with van der Waals surface area (Å²) >= 11 is 0. The Bertz CT molecular complexity index is 569. The average molecular weight is 292 g/mol. The topological polar surface area (TPSA) is 49.4 Å². The van der Waals surface area contributed by atoms with Gasteiger partial charge in [0.1, 0.15) is 17.4 Å². The van der Waals surface area contributed by atoms with E-state index in [1.807, 2.05) is 13.8 Å². The summed E-state index contributed by atoms with van der Waals surface area (Å²) in [5.74, 6) is -0.789. The van der Waals surface area contributed by atoms with Crippen LogP contribution in [-0.4, -0.2) is 28.3 Å². The summed E-state index contributed by atoms with van der Waals surface area (Å²) in [6.07, 6.45) is 0. The van der Waals surface area contributed by atoms with Gasteiger partial charge < -0.3 is 10.2 Å². The lowest BCUT2D eigenvalue weighted by molar-refractivity contribution is -0.156. The van der Waals surface area contributed by atoms with Crippen molar-refractivity contribution >= 4 is 11.8 Å². The zero-order valence-electron chi connectivity index (χ0n) is 12.8. The highest BCUT2D eigenvalue weighted by molar-refractivity contribution is 5.99. The van der Waals surface area contributed by atoms with E-state index >= 15 is 0 Å². The first kappa shape index (κ1) is 15.5. The Morgan fingerprint density at radius 1 is 1.29 bits per heavy atom. The number of hydrogen-bond donors (Lipinski definition) is 1. The van der Waals surface area contributed by atoms with Crippen molar-refractivity contribution in [3.63, 3.8) is 0 Å². The lowest BCUT2D eigenvalue weighted by Gasteiger charge is -2.44. The molecule has 1 aromatic rings. The second kappa shape index (κ2) is 5.47. The second-order valence-electron chi connectivity index (χ2n) is 6.33. The van der Waals surface area contributed by atoms with Crippen molar-refractivity contribution in [2.24, 2.45) is 5.92 Å². The van der Waals surface area contributed by atoms with Crippen LogP contribution in [0.15, 0.2) is 24.3 Å². The number of carbonyl (C=O) groups excluding carboxylic acids is 2. The first-order valence-corrected chi connectivity index (χ1v) is 7.10. The third-order valence-corrected chi connectivity index (χ3v) is 3.77. The van der Waals surface area contributed by atoms with Gasteiger partial charge in [-0.25, -0.2) is 4.39 Å². The van der Waals surface area contributed by atoms with E-state index in [-0.39, 0.29) is 30.1 Å². The van der Waals surface area contributed by atoms with Crippen LogP contribution in [0.4, 0.5) is 4.39 Å². The summed E-state index contributed by atoms with van der Waals surface area (Å²) in [7, 11) is 0.